The third kappa shape index (κ3) is 3.12. The number of rotatable bonds is 3. The fraction of sp³-hybridized carbons (Fsp3) is 0.533. The van der Waals surface area contributed by atoms with Crippen molar-refractivity contribution in [3.05, 3.63) is 34.3 Å². The van der Waals surface area contributed by atoms with Crippen molar-refractivity contribution in [2.45, 2.75) is 26.7 Å². The van der Waals surface area contributed by atoms with Gasteiger partial charge in [0, 0.05) is 30.6 Å². The molecule has 1 aromatic carbocycles. The second kappa shape index (κ2) is 5.85. The van der Waals surface area contributed by atoms with E-state index in [1.807, 2.05) is 25.1 Å². The predicted octanol–water partition coefficient (Wildman–Crippen LogP) is 3.43. The van der Waals surface area contributed by atoms with Crippen molar-refractivity contribution in [1.29, 1.82) is 0 Å². The van der Waals surface area contributed by atoms with Crippen molar-refractivity contribution in [2.24, 2.45) is 11.8 Å². The molecule has 1 aromatic rings. The van der Waals surface area contributed by atoms with E-state index < -0.39 is 0 Å². The number of carbonyl (C=O) groups excluding carboxylic acids is 1. The minimum Gasteiger partial charge on any atom is -0.381 e. The lowest BCUT2D eigenvalue weighted by molar-refractivity contribution is -0.127. The molecule has 2 rings (SSSR count). The summed E-state index contributed by atoms with van der Waals surface area (Å²) in [5.41, 5.74) is 2.06. The van der Waals surface area contributed by atoms with E-state index in [1.54, 1.807) is 0 Å². The van der Waals surface area contributed by atoms with E-state index in [0.29, 0.717) is 30.6 Å². The largest absolute Gasteiger partial charge is 0.381 e. The number of aryl methyl sites for hydroxylation is 1. The van der Waals surface area contributed by atoms with Crippen LogP contribution in [0.5, 0.6) is 0 Å². The number of hydrogen-bond donors (Lipinski definition) is 0. The summed E-state index contributed by atoms with van der Waals surface area (Å²) in [7, 11) is 0. The Kier molecular flexibility index (Phi) is 4.41. The van der Waals surface area contributed by atoms with Crippen molar-refractivity contribution in [3.63, 3.8) is 0 Å². The van der Waals surface area contributed by atoms with Gasteiger partial charge in [-0.3, -0.25) is 4.79 Å². The maximum atomic E-state index is 12.3. The summed E-state index contributed by atoms with van der Waals surface area (Å²) in [6.45, 7) is 5.47. The number of halogens is 1. The lowest BCUT2D eigenvalue weighted by atomic mass is 9.84. The zero-order valence-electron chi connectivity index (χ0n) is 10.9. The maximum Gasteiger partial charge on any atom is 0.140 e. The molecule has 0 amide bonds. The highest BCUT2D eigenvalue weighted by Crippen LogP contribution is 2.25. The van der Waals surface area contributed by atoms with Gasteiger partial charge in [0.05, 0.1) is 0 Å². The van der Waals surface area contributed by atoms with Crippen LogP contribution in [0.15, 0.2) is 18.2 Å². The Morgan fingerprint density at radius 2 is 2.28 bits per heavy atom. The fourth-order valence-corrected chi connectivity index (χ4v) is 2.77. The molecule has 2 nitrogen and oxygen atoms in total. The molecule has 1 aliphatic rings. The van der Waals surface area contributed by atoms with Gasteiger partial charge in [0.1, 0.15) is 5.78 Å². The number of hydrogen-bond acceptors (Lipinski definition) is 2. The minimum absolute atomic E-state index is 0.121. The summed E-state index contributed by atoms with van der Waals surface area (Å²) in [5.74, 6) is 0.725. The average Bonchev–Trinajstić information content (AvgIpc) is 2.33. The first-order valence-electron chi connectivity index (χ1n) is 6.43. The normalized spacial score (nSPS) is 23.9. The molecule has 98 valence electrons. The van der Waals surface area contributed by atoms with Gasteiger partial charge in [-0.05, 0) is 36.5 Å². The molecule has 1 aliphatic heterocycles. The Balaban J connectivity index is 2.06. The highest BCUT2D eigenvalue weighted by Gasteiger charge is 2.28. The van der Waals surface area contributed by atoms with Crippen LogP contribution in [0.1, 0.15) is 24.5 Å². The van der Waals surface area contributed by atoms with E-state index in [1.165, 1.54) is 0 Å². The van der Waals surface area contributed by atoms with Crippen LogP contribution in [0.3, 0.4) is 0 Å². The highest BCUT2D eigenvalue weighted by molar-refractivity contribution is 6.31. The van der Waals surface area contributed by atoms with Gasteiger partial charge in [0.15, 0.2) is 0 Å². The molecular weight excluding hydrogens is 248 g/mol. The van der Waals surface area contributed by atoms with Gasteiger partial charge in [0.2, 0.25) is 0 Å². The van der Waals surface area contributed by atoms with Gasteiger partial charge < -0.3 is 4.74 Å². The van der Waals surface area contributed by atoms with Gasteiger partial charge in [-0.2, -0.15) is 0 Å². The maximum absolute atomic E-state index is 12.3. The number of Topliss-reactive ketones (excluding diaryl/α,β-unsaturated/α-hetero) is 1. The van der Waals surface area contributed by atoms with Crippen LogP contribution in [0, 0.1) is 18.8 Å². The Hall–Kier alpha value is -0.860. The molecule has 2 unspecified atom stereocenters. The van der Waals surface area contributed by atoms with E-state index in [9.17, 15) is 4.79 Å². The third-order valence-corrected chi connectivity index (χ3v) is 3.98. The second-order valence-corrected chi connectivity index (χ2v) is 5.59. The monoisotopic (exact) mass is 266 g/mol. The molecule has 3 heteroatoms. The van der Waals surface area contributed by atoms with Crippen LogP contribution < -0.4 is 0 Å². The first kappa shape index (κ1) is 13.6. The van der Waals surface area contributed by atoms with Gasteiger partial charge >= 0.3 is 0 Å². The summed E-state index contributed by atoms with van der Waals surface area (Å²) >= 11 is 6.17. The molecule has 18 heavy (non-hydrogen) atoms. The molecule has 0 N–H and O–H groups in total. The SMILES string of the molecule is Cc1ccc(CC(=O)C2CCOCC2C)c(Cl)c1. The molecule has 1 saturated heterocycles. The van der Waals surface area contributed by atoms with Crippen molar-refractivity contribution < 1.29 is 9.53 Å². The Morgan fingerprint density at radius 3 is 2.94 bits per heavy atom. The van der Waals surface area contributed by atoms with Gasteiger partial charge in [-0.25, -0.2) is 0 Å². The van der Waals surface area contributed by atoms with Crippen LogP contribution in [0.4, 0.5) is 0 Å². The van der Waals surface area contributed by atoms with Gasteiger partial charge in [0.25, 0.3) is 0 Å². The quantitative estimate of drug-likeness (QED) is 0.838. The first-order chi connectivity index (χ1) is 8.58. The lowest BCUT2D eigenvalue weighted by Gasteiger charge is -2.27. The zero-order valence-corrected chi connectivity index (χ0v) is 11.7. The first-order valence-corrected chi connectivity index (χ1v) is 6.81. The minimum atomic E-state index is 0.121. The second-order valence-electron chi connectivity index (χ2n) is 5.19. The summed E-state index contributed by atoms with van der Waals surface area (Å²) in [6.07, 6.45) is 1.28. The number of ether oxygens (including phenoxy) is 1. The topological polar surface area (TPSA) is 26.3 Å². The average molecular weight is 267 g/mol. The van der Waals surface area contributed by atoms with Crippen LogP contribution in [-0.4, -0.2) is 19.0 Å². The molecule has 0 spiro atoms. The van der Waals surface area contributed by atoms with Gasteiger partial charge in [-0.1, -0.05) is 30.7 Å². The molecular formula is C15H19ClO2. The molecule has 1 fully saturated rings. The van der Waals surface area contributed by atoms with Crippen LogP contribution >= 0.6 is 11.6 Å². The summed E-state index contributed by atoms with van der Waals surface area (Å²) in [6, 6.07) is 5.87. The number of carbonyl (C=O) groups is 1. The smallest absolute Gasteiger partial charge is 0.140 e. The fourth-order valence-electron chi connectivity index (χ4n) is 2.47. The van der Waals surface area contributed by atoms with Crippen molar-refractivity contribution in [3.8, 4) is 0 Å². The molecule has 0 aliphatic carbocycles. The van der Waals surface area contributed by atoms with Crippen molar-refractivity contribution in [1.82, 2.24) is 0 Å². The third-order valence-electron chi connectivity index (χ3n) is 3.63. The van der Waals surface area contributed by atoms with Crippen molar-refractivity contribution >= 4 is 17.4 Å². The van der Waals surface area contributed by atoms with E-state index in [2.05, 4.69) is 6.92 Å². The summed E-state index contributed by atoms with van der Waals surface area (Å²) < 4.78 is 5.37. The summed E-state index contributed by atoms with van der Waals surface area (Å²) in [5, 5.41) is 0.697. The van der Waals surface area contributed by atoms with Crippen LogP contribution in [0.2, 0.25) is 5.02 Å². The van der Waals surface area contributed by atoms with Gasteiger partial charge in [-0.15, -0.1) is 0 Å². The van der Waals surface area contributed by atoms with E-state index in [-0.39, 0.29) is 11.7 Å². The Labute approximate surface area is 113 Å². The molecule has 2 atom stereocenters. The lowest BCUT2D eigenvalue weighted by Crippen LogP contribution is -2.32. The Bertz CT molecular complexity index is 442. The molecule has 0 saturated carbocycles. The summed E-state index contributed by atoms with van der Waals surface area (Å²) in [4.78, 5) is 12.3. The zero-order chi connectivity index (χ0) is 13.1. The van der Waals surface area contributed by atoms with E-state index in [4.69, 9.17) is 16.3 Å². The molecule has 0 radical (unpaired) electrons. The molecule has 1 heterocycles. The molecule has 0 aromatic heterocycles. The highest BCUT2D eigenvalue weighted by atomic mass is 35.5. The standard InChI is InChI=1S/C15H19ClO2/c1-10-3-4-12(14(16)7-10)8-15(17)13-5-6-18-9-11(13)2/h3-4,7,11,13H,5-6,8-9H2,1-2H3. The van der Waals surface area contributed by atoms with Crippen molar-refractivity contribution in [2.75, 3.05) is 13.2 Å². The van der Waals surface area contributed by atoms with Crippen LogP contribution in [-0.2, 0) is 16.0 Å². The predicted molar refractivity (Wildman–Crippen MR) is 73.0 cm³/mol. The van der Waals surface area contributed by atoms with E-state index in [0.717, 1.165) is 17.5 Å². The number of ketones is 1. The number of benzene rings is 1. The van der Waals surface area contributed by atoms with E-state index >= 15 is 0 Å². The Morgan fingerprint density at radius 1 is 1.50 bits per heavy atom. The van der Waals surface area contributed by atoms with Crippen LogP contribution in [0.25, 0.3) is 0 Å². The molecule has 0 bridgehead atoms.